The van der Waals surface area contributed by atoms with Gasteiger partial charge in [-0.2, -0.15) is 0 Å². The number of benzene rings is 1. The van der Waals surface area contributed by atoms with Crippen molar-refractivity contribution >= 4 is 23.0 Å². The Morgan fingerprint density at radius 2 is 2.04 bits per heavy atom. The average Bonchev–Trinajstić information content (AvgIpc) is 3.24. The molecule has 3 rings (SSSR count). The summed E-state index contributed by atoms with van der Waals surface area (Å²) < 4.78 is 5.25. The van der Waals surface area contributed by atoms with E-state index in [1.807, 2.05) is 40.6 Å². The van der Waals surface area contributed by atoms with Gasteiger partial charge in [-0.25, -0.2) is 0 Å². The molecule has 0 saturated carbocycles. The van der Waals surface area contributed by atoms with Crippen LogP contribution in [-0.4, -0.2) is 36.3 Å². The first-order valence-electron chi connectivity index (χ1n) is 7.71. The molecule has 1 aliphatic heterocycles. The summed E-state index contributed by atoms with van der Waals surface area (Å²) in [5.41, 5.74) is 0.709. The number of amides is 1. The van der Waals surface area contributed by atoms with Gasteiger partial charge in [0.05, 0.1) is 7.11 Å². The van der Waals surface area contributed by atoms with E-state index >= 15 is 0 Å². The number of Topliss-reactive ketones (excluding diaryl/α,β-unsaturated/α-hetero) is 1. The molecule has 0 bridgehead atoms. The average molecular weight is 329 g/mol. The fourth-order valence-corrected chi connectivity index (χ4v) is 3.83. The first-order chi connectivity index (χ1) is 11.2. The summed E-state index contributed by atoms with van der Waals surface area (Å²) in [6.07, 6.45) is 2.19. The van der Waals surface area contributed by atoms with E-state index in [2.05, 4.69) is 0 Å². The molecule has 23 heavy (non-hydrogen) atoms. The zero-order valence-corrected chi connectivity index (χ0v) is 13.8. The Hall–Kier alpha value is -2.14. The highest BCUT2D eigenvalue weighted by molar-refractivity contribution is 7.12. The molecule has 1 atom stereocenters. The maximum Gasteiger partial charge on any atom is 0.268 e. The number of hydrogen-bond donors (Lipinski definition) is 0. The van der Waals surface area contributed by atoms with Gasteiger partial charge >= 0.3 is 0 Å². The first-order valence-corrected chi connectivity index (χ1v) is 8.59. The summed E-state index contributed by atoms with van der Waals surface area (Å²) in [5, 5.41) is 1.85. The van der Waals surface area contributed by atoms with Gasteiger partial charge in [0.15, 0.2) is 5.78 Å². The molecule has 120 valence electrons. The van der Waals surface area contributed by atoms with Crippen LogP contribution < -0.4 is 4.74 Å². The van der Waals surface area contributed by atoms with Crippen LogP contribution in [0.25, 0.3) is 0 Å². The fraction of sp³-hybridized carbons (Fsp3) is 0.333. The summed E-state index contributed by atoms with van der Waals surface area (Å²) in [7, 11) is 1.57. The van der Waals surface area contributed by atoms with Crippen LogP contribution in [-0.2, 0) is 0 Å². The van der Waals surface area contributed by atoms with Gasteiger partial charge in [0, 0.05) is 24.6 Å². The molecule has 0 N–H and O–H groups in total. The Labute approximate surface area is 139 Å². The van der Waals surface area contributed by atoms with Crippen LogP contribution in [0.15, 0.2) is 41.8 Å². The van der Waals surface area contributed by atoms with Crippen LogP contribution in [0.5, 0.6) is 5.75 Å². The number of likely N-dealkylation sites (tertiary alicyclic amines) is 1. The SMILES string of the molecule is COc1ccsc1C(=O)N1CCC[C@@H]1CC(=O)c1ccccc1. The van der Waals surface area contributed by atoms with Gasteiger partial charge < -0.3 is 9.64 Å². The van der Waals surface area contributed by atoms with Crippen molar-refractivity contribution in [3.8, 4) is 5.75 Å². The van der Waals surface area contributed by atoms with Crippen molar-refractivity contribution < 1.29 is 14.3 Å². The molecule has 5 heteroatoms. The lowest BCUT2D eigenvalue weighted by Gasteiger charge is -2.24. The largest absolute Gasteiger partial charge is 0.495 e. The van der Waals surface area contributed by atoms with E-state index < -0.39 is 0 Å². The van der Waals surface area contributed by atoms with E-state index in [1.54, 1.807) is 13.2 Å². The van der Waals surface area contributed by atoms with Crippen molar-refractivity contribution in [2.45, 2.75) is 25.3 Å². The standard InChI is InChI=1S/C18H19NO3S/c1-22-16-9-11-23-17(16)18(21)19-10-5-8-14(19)12-15(20)13-6-3-2-4-7-13/h2-4,6-7,9,11,14H,5,8,10,12H2,1H3/t14-/m1/s1. The van der Waals surface area contributed by atoms with Crippen molar-refractivity contribution in [3.63, 3.8) is 0 Å². The Bertz CT molecular complexity index is 695. The van der Waals surface area contributed by atoms with E-state index in [4.69, 9.17) is 4.74 Å². The van der Waals surface area contributed by atoms with Gasteiger partial charge in [-0.3, -0.25) is 9.59 Å². The Balaban J connectivity index is 1.73. The van der Waals surface area contributed by atoms with Crippen LogP contribution in [0.1, 0.15) is 39.3 Å². The van der Waals surface area contributed by atoms with E-state index in [1.165, 1.54) is 11.3 Å². The molecule has 0 aliphatic carbocycles. The first kappa shape index (κ1) is 15.7. The molecule has 0 unspecified atom stereocenters. The lowest BCUT2D eigenvalue weighted by molar-refractivity contribution is 0.0719. The Kier molecular flexibility index (Phi) is 4.76. The number of hydrogen-bond acceptors (Lipinski definition) is 4. The molecule has 1 fully saturated rings. The van der Waals surface area contributed by atoms with Crippen molar-refractivity contribution in [2.24, 2.45) is 0 Å². The van der Waals surface area contributed by atoms with Crippen LogP contribution in [0.4, 0.5) is 0 Å². The summed E-state index contributed by atoms with van der Waals surface area (Å²) in [6.45, 7) is 0.701. The predicted molar refractivity (Wildman–Crippen MR) is 90.3 cm³/mol. The summed E-state index contributed by atoms with van der Waals surface area (Å²) in [6, 6.07) is 11.0. The highest BCUT2D eigenvalue weighted by Gasteiger charge is 2.32. The number of ketones is 1. The highest BCUT2D eigenvalue weighted by Crippen LogP contribution is 2.30. The molecule has 1 saturated heterocycles. The van der Waals surface area contributed by atoms with Gasteiger partial charge in [0.1, 0.15) is 10.6 Å². The number of rotatable bonds is 5. The van der Waals surface area contributed by atoms with Crippen LogP contribution in [0.3, 0.4) is 0 Å². The Morgan fingerprint density at radius 3 is 2.78 bits per heavy atom. The second-order valence-electron chi connectivity index (χ2n) is 5.61. The molecule has 1 amide bonds. The van der Waals surface area contributed by atoms with Gasteiger partial charge in [0.25, 0.3) is 5.91 Å². The minimum atomic E-state index is -0.0276. The molecule has 0 spiro atoms. The highest BCUT2D eigenvalue weighted by atomic mass is 32.1. The molecular formula is C18H19NO3S. The van der Waals surface area contributed by atoms with E-state index in [-0.39, 0.29) is 17.7 Å². The molecular weight excluding hydrogens is 310 g/mol. The number of methoxy groups -OCH3 is 1. The van der Waals surface area contributed by atoms with Gasteiger partial charge in [-0.15, -0.1) is 11.3 Å². The third-order valence-electron chi connectivity index (χ3n) is 4.20. The normalized spacial score (nSPS) is 17.3. The van der Waals surface area contributed by atoms with E-state index in [9.17, 15) is 9.59 Å². The lowest BCUT2D eigenvalue weighted by atomic mass is 10.0. The third kappa shape index (κ3) is 3.29. The van der Waals surface area contributed by atoms with Gasteiger partial charge in [-0.1, -0.05) is 30.3 Å². The topological polar surface area (TPSA) is 46.6 Å². The van der Waals surface area contributed by atoms with Crippen molar-refractivity contribution in [2.75, 3.05) is 13.7 Å². The van der Waals surface area contributed by atoms with E-state index in [0.717, 1.165) is 12.8 Å². The minimum Gasteiger partial charge on any atom is -0.495 e. The summed E-state index contributed by atoms with van der Waals surface area (Å²) >= 11 is 1.39. The summed E-state index contributed by atoms with van der Waals surface area (Å²) in [5.74, 6) is 0.675. The smallest absolute Gasteiger partial charge is 0.268 e. The predicted octanol–water partition coefficient (Wildman–Crippen LogP) is 3.63. The maximum atomic E-state index is 12.8. The van der Waals surface area contributed by atoms with Crippen molar-refractivity contribution in [1.82, 2.24) is 4.90 Å². The minimum absolute atomic E-state index is 0.0259. The van der Waals surface area contributed by atoms with Crippen LogP contribution in [0.2, 0.25) is 0 Å². The molecule has 4 nitrogen and oxygen atoms in total. The van der Waals surface area contributed by atoms with Crippen molar-refractivity contribution in [3.05, 3.63) is 52.2 Å². The van der Waals surface area contributed by atoms with Crippen molar-refractivity contribution in [1.29, 1.82) is 0 Å². The quantitative estimate of drug-likeness (QED) is 0.787. The maximum absolute atomic E-state index is 12.8. The lowest BCUT2D eigenvalue weighted by Crippen LogP contribution is -2.36. The zero-order chi connectivity index (χ0) is 16.2. The second-order valence-corrected chi connectivity index (χ2v) is 6.52. The molecule has 1 aromatic carbocycles. The number of carbonyl (C=O) groups excluding carboxylic acids is 2. The molecule has 2 aromatic rings. The zero-order valence-electron chi connectivity index (χ0n) is 13.0. The monoisotopic (exact) mass is 329 g/mol. The van der Waals surface area contributed by atoms with Gasteiger partial charge in [-0.05, 0) is 24.3 Å². The number of carbonyl (C=O) groups is 2. The summed E-state index contributed by atoms with van der Waals surface area (Å²) in [4.78, 5) is 27.6. The Morgan fingerprint density at radius 1 is 1.26 bits per heavy atom. The second kappa shape index (κ2) is 6.96. The number of ether oxygens (including phenoxy) is 1. The molecule has 1 aromatic heterocycles. The third-order valence-corrected chi connectivity index (χ3v) is 5.08. The van der Waals surface area contributed by atoms with Crippen LogP contribution in [0, 0.1) is 0 Å². The molecule has 1 aliphatic rings. The number of nitrogens with zero attached hydrogens (tertiary/aromatic N) is 1. The van der Waals surface area contributed by atoms with Gasteiger partial charge in [0.2, 0.25) is 0 Å². The van der Waals surface area contributed by atoms with Crippen LogP contribution >= 0.6 is 11.3 Å². The molecule has 0 radical (unpaired) electrons. The fourth-order valence-electron chi connectivity index (χ4n) is 3.02. The molecule has 2 heterocycles. The number of thiophene rings is 1. The van der Waals surface area contributed by atoms with E-state index in [0.29, 0.717) is 29.2 Å².